The summed E-state index contributed by atoms with van der Waals surface area (Å²) in [4.78, 5) is 1.16. The molecule has 3 aromatic rings. The van der Waals surface area contributed by atoms with Crippen molar-refractivity contribution < 1.29 is 13.2 Å². The van der Waals surface area contributed by atoms with E-state index < -0.39 is 10.0 Å². The van der Waals surface area contributed by atoms with Gasteiger partial charge in [0.1, 0.15) is 6.61 Å². The summed E-state index contributed by atoms with van der Waals surface area (Å²) in [5.74, 6) is 12.4. The molecule has 0 aliphatic rings. The van der Waals surface area contributed by atoms with Gasteiger partial charge in [-0.25, -0.2) is 13.1 Å². The number of benzene rings is 2. The second-order valence-electron chi connectivity index (χ2n) is 6.30. The van der Waals surface area contributed by atoms with E-state index in [0.717, 1.165) is 26.1 Å². The fourth-order valence-corrected chi connectivity index (χ4v) is 4.71. The SMILES string of the molecule is COCC#Cc1sc2ccccc2c1C#CCCNS(=O)(=O)c1ccc(C)cc1. The number of hydrogen-bond donors (Lipinski definition) is 1. The molecule has 0 aliphatic heterocycles. The Bertz CT molecular complexity index is 1220. The topological polar surface area (TPSA) is 55.4 Å². The van der Waals surface area contributed by atoms with Crippen LogP contribution in [0.5, 0.6) is 0 Å². The molecule has 6 heteroatoms. The van der Waals surface area contributed by atoms with E-state index in [4.69, 9.17) is 4.74 Å². The predicted molar refractivity (Wildman–Crippen MR) is 118 cm³/mol. The van der Waals surface area contributed by atoms with Gasteiger partial charge in [-0.1, -0.05) is 59.6 Å². The number of ether oxygens (including phenoxy) is 1. The standard InChI is InChI=1S/C23H21NO3S2/c1-18-12-14-19(15-13-18)29(25,26)24-16-6-5-9-21-20-8-3-4-10-22(20)28-23(21)11-7-17-27-2/h3-4,8,10,12-15,24H,6,16-17H2,1-2H3. The normalized spacial score (nSPS) is 10.8. The molecule has 4 nitrogen and oxygen atoms in total. The highest BCUT2D eigenvalue weighted by Gasteiger charge is 2.12. The number of fused-ring (bicyclic) bond motifs is 1. The van der Waals surface area contributed by atoms with Crippen LogP contribution >= 0.6 is 11.3 Å². The first kappa shape index (κ1) is 21.1. The van der Waals surface area contributed by atoms with Gasteiger partial charge in [-0.15, -0.1) is 11.3 Å². The van der Waals surface area contributed by atoms with Gasteiger partial charge in [0.2, 0.25) is 10.0 Å². The van der Waals surface area contributed by atoms with Crippen molar-refractivity contribution in [3.05, 3.63) is 64.5 Å². The third-order valence-corrected chi connectivity index (χ3v) is 6.66. The van der Waals surface area contributed by atoms with Gasteiger partial charge < -0.3 is 4.74 Å². The van der Waals surface area contributed by atoms with Crippen LogP contribution in [0, 0.1) is 30.6 Å². The molecule has 0 saturated heterocycles. The van der Waals surface area contributed by atoms with Crippen LogP contribution in [0.1, 0.15) is 22.4 Å². The van der Waals surface area contributed by atoms with Crippen LogP contribution in [0.2, 0.25) is 0 Å². The lowest BCUT2D eigenvalue weighted by atomic mass is 10.1. The fourth-order valence-electron chi connectivity index (χ4n) is 2.65. The Morgan fingerprint density at radius 1 is 1.03 bits per heavy atom. The molecule has 0 unspecified atom stereocenters. The molecule has 0 spiro atoms. The number of nitrogens with one attached hydrogen (secondary N) is 1. The van der Waals surface area contributed by atoms with Crippen molar-refractivity contribution in [3.8, 4) is 23.7 Å². The second kappa shape index (κ2) is 9.73. The minimum absolute atomic E-state index is 0.246. The summed E-state index contributed by atoms with van der Waals surface area (Å²) in [5.41, 5.74) is 1.90. The number of hydrogen-bond acceptors (Lipinski definition) is 4. The molecule has 148 valence electrons. The number of methoxy groups -OCH3 is 1. The summed E-state index contributed by atoms with van der Waals surface area (Å²) in [6.07, 6.45) is 0.403. The van der Waals surface area contributed by atoms with E-state index in [1.807, 2.05) is 31.2 Å². The van der Waals surface area contributed by atoms with Crippen LogP contribution in [-0.4, -0.2) is 28.7 Å². The molecular formula is C23H21NO3S2. The van der Waals surface area contributed by atoms with Crippen molar-refractivity contribution in [3.63, 3.8) is 0 Å². The quantitative estimate of drug-likeness (QED) is 0.500. The predicted octanol–water partition coefficient (Wildman–Crippen LogP) is 3.93. The van der Waals surface area contributed by atoms with Crippen molar-refractivity contribution in [1.29, 1.82) is 0 Å². The Kier molecular flexibility index (Phi) is 7.09. The van der Waals surface area contributed by atoms with Gasteiger partial charge >= 0.3 is 0 Å². The van der Waals surface area contributed by atoms with Crippen molar-refractivity contribution >= 4 is 31.4 Å². The minimum atomic E-state index is -3.52. The molecule has 0 radical (unpaired) electrons. The van der Waals surface area contributed by atoms with E-state index in [-0.39, 0.29) is 11.4 Å². The average molecular weight is 424 g/mol. The van der Waals surface area contributed by atoms with E-state index in [9.17, 15) is 8.42 Å². The third kappa shape index (κ3) is 5.47. The van der Waals surface area contributed by atoms with Crippen LogP contribution < -0.4 is 4.72 Å². The zero-order valence-corrected chi connectivity index (χ0v) is 17.9. The highest BCUT2D eigenvalue weighted by atomic mass is 32.2. The smallest absolute Gasteiger partial charge is 0.240 e. The maximum absolute atomic E-state index is 12.3. The van der Waals surface area contributed by atoms with Gasteiger partial charge in [0, 0.05) is 30.2 Å². The largest absolute Gasteiger partial charge is 0.372 e. The minimum Gasteiger partial charge on any atom is -0.372 e. The first-order chi connectivity index (χ1) is 14.0. The van der Waals surface area contributed by atoms with Crippen molar-refractivity contribution in [2.24, 2.45) is 0 Å². The highest BCUT2D eigenvalue weighted by Crippen LogP contribution is 2.30. The Morgan fingerprint density at radius 3 is 2.55 bits per heavy atom. The first-order valence-corrected chi connectivity index (χ1v) is 11.4. The van der Waals surface area contributed by atoms with Gasteiger partial charge in [0.25, 0.3) is 0 Å². The van der Waals surface area contributed by atoms with Crippen LogP contribution in [0.4, 0.5) is 0 Å². The van der Waals surface area contributed by atoms with Crippen LogP contribution in [0.3, 0.4) is 0 Å². The molecule has 0 bridgehead atoms. The van der Waals surface area contributed by atoms with Crippen molar-refractivity contribution in [2.45, 2.75) is 18.2 Å². The number of rotatable bonds is 5. The Hall–Kier alpha value is -2.61. The van der Waals surface area contributed by atoms with Crippen molar-refractivity contribution in [1.82, 2.24) is 4.72 Å². The highest BCUT2D eigenvalue weighted by molar-refractivity contribution is 7.89. The molecule has 3 rings (SSSR count). The van der Waals surface area contributed by atoms with E-state index in [1.54, 1.807) is 42.7 Å². The van der Waals surface area contributed by atoms with E-state index in [0.29, 0.717) is 13.0 Å². The number of aryl methyl sites for hydroxylation is 1. The molecule has 0 atom stereocenters. The Labute approximate surface area is 176 Å². The number of thiophene rings is 1. The van der Waals surface area contributed by atoms with E-state index in [2.05, 4.69) is 28.4 Å². The lowest BCUT2D eigenvalue weighted by molar-refractivity contribution is 0.240. The summed E-state index contributed by atoms with van der Waals surface area (Å²) in [5, 5.41) is 1.06. The van der Waals surface area contributed by atoms with Crippen LogP contribution in [-0.2, 0) is 14.8 Å². The molecule has 0 aliphatic carbocycles. The second-order valence-corrected chi connectivity index (χ2v) is 9.12. The molecule has 0 fully saturated rings. The monoisotopic (exact) mass is 423 g/mol. The van der Waals surface area contributed by atoms with Gasteiger partial charge in [0.05, 0.1) is 15.3 Å². The average Bonchev–Trinajstić information content (AvgIpc) is 3.06. The van der Waals surface area contributed by atoms with Gasteiger partial charge in [-0.3, -0.25) is 0 Å². The summed E-state index contributed by atoms with van der Waals surface area (Å²) >= 11 is 1.60. The molecular weight excluding hydrogens is 402 g/mol. The molecule has 1 aromatic heterocycles. The van der Waals surface area contributed by atoms with Gasteiger partial charge in [-0.05, 0) is 25.1 Å². The van der Waals surface area contributed by atoms with Crippen molar-refractivity contribution in [2.75, 3.05) is 20.3 Å². The third-order valence-electron chi connectivity index (χ3n) is 4.10. The molecule has 2 aromatic carbocycles. The van der Waals surface area contributed by atoms with Crippen LogP contribution in [0.15, 0.2) is 53.4 Å². The Morgan fingerprint density at radius 2 is 1.79 bits per heavy atom. The molecule has 1 N–H and O–H groups in total. The molecule has 1 heterocycles. The summed E-state index contributed by atoms with van der Waals surface area (Å²) in [6, 6.07) is 14.8. The van der Waals surface area contributed by atoms with Gasteiger partial charge in [-0.2, -0.15) is 0 Å². The number of sulfonamides is 1. The summed E-state index contributed by atoms with van der Waals surface area (Å²) < 4.78 is 33.4. The lowest BCUT2D eigenvalue weighted by Gasteiger charge is -2.05. The molecule has 0 amide bonds. The van der Waals surface area contributed by atoms with Crippen LogP contribution in [0.25, 0.3) is 10.1 Å². The summed E-state index contributed by atoms with van der Waals surface area (Å²) in [6.45, 7) is 2.53. The maximum Gasteiger partial charge on any atom is 0.240 e. The maximum atomic E-state index is 12.3. The van der Waals surface area contributed by atoms with E-state index in [1.165, 1.54) is 0 Å². The first-order valence-electron chi connectivity index (χ1n) is 9.06. The molecule has 0 saturated carbocycles. The zero-order chi connectivity index (χ0) is 20.7. The Balaban J connectivity index is 1.72. The zero-order valence-electron chi connectivity index (χ0n) is 16.3. The lowest BCUT2D eigenvalue weighted by Crippen LogP contribution is -2.24. The van der Waals surface area contributed by atoms with E-state index >= 15 is 0 Å². The molecule has 29 heavy (non-hydrogen) atoms. The van der Waals surface area contributed by atoms with Gasteiger partial charge in [0.15, 0.2) is 0 Å². The fraction of sp³-hybridized carbons (Fsp3) is 0.217. The summed E-state index contributed by atoms with van der Waals surface area (Å²) in [7, 11) is -1.91.